The van der Waals surface area contributed by atoms with E-state index < -0.39 is 5.97 Å². The van der Waals surface area contributed by atoms with Crippen LogP contribution in [0.2, 0.25) is 0 Å². The first kappa shape index (κ1) is 21.0. The van der Waals surface area contributed by atoms with Gasteiger partial charge < -0.3 is 15.0 Å². The highest BCUT2D eigenvalue weighted by molar-refractivity contribution is 6.26. The molecule has 2 aromatic rings. The molecule has 2 rings (SSSR count). The van der Waals surface area contributed by atoms with Gasteiger partial charge in [-0.2, -0.15) is 0 Å². The van der Waals surface area contributed by atoms with Crippen LogP contribution in [0.1, 0.15) is 43.0 Å². The molecule has 0 saturated carbocycles. The summed E-state index contributed by atoms with van der Waals surface area (Å²) in [6, 6.07) is 7.64. The first-order valence-corrected chi connectivity index (χ1v) is 9.65. The van der Waals surface area contributed by atoms with Crippen LogP contribution in [0.25, 0.3) is 10.9 Å². The van der Waals surface area contributed by atoms with Crippen LogP contribution in [0.3, 0.4) is 0 Å². The smallest absolute Gasteiger partial charge is 0.320 e. The Balaban J connectivity index is 1.66. The number of hydrogen-bond donors (Lipinski definition) is 2. The van der Waals surface area contributed by atoms with Crippen LogP contribution in [-0.2, 0) is 14.3 Å². The molecule has 0 saturated heterocycles. The van der Waals surface area contributed by atoms with E-state index in [-0.39, 0.29) is 29.9 Å². The molecule has 0 radical (unpaired) electrons. The number of carbonyl (C=O) groups is 3. The van der Waals surface area contributed by atoms with Crippen LogP contribution >= 0.6 is 11.6 Å². The van der Waals surface area contributed by atoms with Crippen molar-refractivity contribution in [2.75, 3.05) is 19.0 Å². The molecule has 1 unspecified atom stereocenters. The number of Topliss-reactive ketones (excluding diaryl/α,β-unsaturated/α-hetero) is 1. The molecule has 2 N–H and O–H groups in total. The van der Waals surface area contributed by atoms with Crippen LogP contribution in [0.4, 0.5) is 0 Å². The average molecular weight is 393 g/mol. The SMILES string of the molecule is CC(CCCCOC(=O)CCl)C(=O)NCCC(=O)c1c[nH]c2ccccc12. The number of benzene rings is 1. The van der Waals surface area contributed by atoms with Gasteiger partial charge in [0, 0.05) is 41.5 Å². The van der Waals surface area contributed by atoms with Crippen molar-refractivity contribution in [2.24, 2.45) is 5.92 Å². The van der Waals surface area contributed by atoms with Gasteiger partial charge in [-0.15, -0.1) is 11.6 Å². The number of aromatic amines is 1. The minimum atomic E-state index is -0.428. The third-order valence-corrected chi connectivity index (χ3v) is 4.61. The molecular formula is C20H25ClN2O4. The summed E-state index contributed by atoms with van der Waals surface area (Å²) < 4.78 is 4.88. The third kappa shape index (κ3) is 6.40. The van der Waals surface area contributed by atoms with Crippen molar-refractivity contribution in [1.82, 2.24) is 10.3 Å². The van der Waals surface area contributed by atoms with Gasteiger partial charge in [0.1, 0.15) is 5.88 Å². The van der Waals surface area contributed by atoms with Crippen molar-refractivity contribution < 1.29 is 19.1 Å². The Morgan fingerprint density at radius 3 is 2.78 bits per heavy atom. The highest BCUT2D eigenvalue weighted by Crippen LogP contribution is 2.19. The Bertz CT molecular complexity index is 787. The fraction of sp³-hybridized carbons (Fsp3) is 0.450. The number of unbranched alkanes of at least 4 members (excludes halogenated alkanes) is 1. The number of halogens is 1. The number of alkyl halides is 1. The van der Waals surface area contributed by atoms with E-state index in [1.807, 2.05) is 31.2 Å². The van der Waals surface area contributed by atoms with E-state index in [9.17, 15) is 14.4 Å². The first-order chi connectivity index (χ1) is 13.0. The summed E-state index contributed by atoms with van der Waals surface area (Å²) in [6.45, 7) is 2.48. The van der Waals surface area contributed by atoms with E-state index in [1.165, 1.54) is 0 Å². The minimum absolute atomic E-state index is 0.00140. The third-order valence-electron chi connectivity index (χ3n) is 4.39. The van der Waals surface area contributed by atoms with E-state index in [0.29, 0.717) is 31.6 Å². The summed E-state index contributed by atoms with van der Waals surface area (Å²) in [7, 11) is 0. The summed E-state index contributed by atoms with van der Waals surface area (Å²) >= 11 is 5.34. The zero-order valence-corrected chi connectivity index (χ0v) is 16.2. The maximum Gasteiger partial charge on any atom is 0.320 e. The lowest BCUT2D eigenvalue weighted by atomic mass is 10.0. The number of aromatic nitrogens is 1. The predicted molar refractivity (Wildman–Crippen MR) is 105 cm³/mol. The van der Waals surface area contributed by atoms with Crippen molar-refractivity contribution in [3.8, 4) is 0 Å². The molecular weight excluding hydrogens is 368 g/mol. The summed E-state index contributed by atoms with van der Waals surface area (Å²) in [5.74, 6) is -0.795. The lowest BCUT2D eigenvalue weighted by Gasteiger charge is -2.12. The predicted octanol–water partition coefficient (Wildman–Crippen LogP) is 3.45. The van der Waals surface area contributed by atoms with Crippen LogP contribution in [0.15, 0.2) is 30.5 Å². The van der Waals surface area contributed by atoms with E-state index in [0.717, 1.165) is 17.3 Å². The maximum absolute atomic E-state index is 12.4. The quantitative estimate of drug-likeness (QED) is 0.265. The molecule has 1 amide bonds. The molecule has 1 atom stereocenters. The van der Waals surface area contributed by atoms with E-state index in [4.69, 9.17) is 16.3 Å². The molecule has 0 bridgehead atoms. The molecule has 0 aliphatic rings. The lowest BCUT2D eigenvalue weighted by Crippen LogP contribution is -2.31. The number of H-pyrrole nitrogens is 1. The maximum atomic E-state index is 12.4. The number of esters is 1. The van der Waals surface area contributed by atoms with Gasteiger partial charge in [-0.25, -0.2) is 0 Å². The Kier molecular flexibility index (Phi) is 8.33. The van der Waals surface area contributed by atoms with Gasteiger partial charge in [-0.05, 0) is 25.3 Å². The lowest BCUT2D eigenvalue weighted by molar-refractivity contribution is -0.140. The fourth-order valence-electron chi connectivity index (χ4n) is 2.82. The standard InChI is InChI=1S/C20H25ClN2O4/c1-14(6-4-5-11-27-19(25)12-21)20(26)22-10-9-18(24)16-13-23-17-8-3-2-7-15(16)17/h2-3,7-8,13-14,23H,4-6,9-12H2,1H3,(H,22,26). The molecule has 0 spiro atoms. The number of ketones is 1. The van der Waals surface area contributed by atoms with Gasteiger partial charge in [0.2, 0.25) is 5.91 Å². The van der Waals surface area contributed by atoms with E-state index in [2.05, 4.69) is 10.3 Å². The number of nitrogens with one attached hydrogen (secondary N) is 2. The molecule has 0 fully saturated rings. The molecule has 1 aromatic heterocycles. The number of amides is 1. The number of ether oxygens (including phenoxy) is 1. The van der Waals surface area contributed by atoms with Crippen molar-refractivity contribution in [1.29, 1.82) is 0 Å². The van der Waals surface area contributed by atoms with Gasteiger partial charge in [0.05, 0.1) is 6.61 Å². The Morgan fingerprint density at radius 1 is 1.22 bits per heavy atom. The van der Waals surface area contributed by atoms with Gasteiger partial charge in [-0.3, -0.25) is 14.4 Å². The topological polar surface area (TPSA) is 88.3 Å². The van der Waals surface area contributed by atoms with Crippen molar-refractivity contribution in [3.05, 3.63) is 36.0 Å². The molecule has 27 heavy (non-hydrogen) atoms. The van der Waals surface area contributed by atoms with Crippen LogP contribution < -0.4 is 5.32 Å². The van der Waals surface area contributed by atoms with Gasteiger partial charge >= 0.3 is 5.97 Å². The second kappa shape index (κ2) is 10.7. The molecule has 0 aliphatic heterocycles. The summed E-state index contributed by atoms with van der Waals surface area (Å²) in [5.41, 5.74) is 1.58. The summed E-state index contributed by atoms with van der Waals surface area (Å²) in [4.78, 5) is 38.5. The van der Waals surface area contributed by atoms with Crippen LogP contribution in [0.5, 0.6) is 0 Å². The highest BCUT2D eigenvalue weighted by Gasteiger charge is 2.15. The molecule has 0 aliphatic carbocycles. The van der Waals surface area contributed by atoms with Crippen LogP contribution in [0, 0.1) is 5.92 Å². The normalized spacial score (nSPS) is 11.9. The summed E-state index contributed by atoms with van der Waals surface area (Å²) in [5, 5.41) is 3.72. The second-order valence-corrected chi connectivity index (χ2v) is 6.73. The van der Waals surface area contributed by atoms with Crippen molar-refractivity contribution in [3.63, 3.8) is 0 Å². The van der Waals surface area contributed by atoms with Crippen LogP contribution in [-0.4, -0.2) is 41.7 Å². The van der Waals surface area contributed by atoms with Crippen molar-refractivity contribution >= 4 is 40.2 Å². The van der Waals surface area contributed by atoms with E-state index >= 15 is 0 Å². The number of fused-ring (bicyclic) bond motifs is 1. The first-order valence-electron chi connectivity index (χ1n) is 9.11. The highest BCUT2D eigenvalue weighted by atomic mass is 35.5. The zero-order valence-electron chi connectivity index (χ0n) is 15.4. The monoisotopic (exact) mass is 392 g/mol. The van der Waals surface area contributed by atoms with E-state index in [1.54, 1.807) is 6.20 Å². The average Bonchev–Trinajstić information content (AvgIpc) is 3.11. The minimum Gasteiger partial charge on any atom is -0.465 e. The Labute approximate surface area is 163 Å². The zero-order chi connectivity index (χ0) is 19.6. The largest absolute Gasteiger partial charge is 0.465 e. The molecule has 6 nitrogen and oxygen atoms in total. The van der Waals surface area contributed by atoms with Gasteiger partial charge in [-0.1, -0.05) is 25.1 Å². The molecule has 1 aromatic carbocycles. The fourth-order valence-corrected chi connectivity index (χ4v) is 2.90. The number of para-hydroxylation sites is 1. The van der Waals surface area contributed by atoms with Crippen molar-refractivity contribution in [2.45, 2.75) is 32.6 Å². The number of rotatable bonds is 11. The van der Waals surface area contributed by atoms with Gasteiger partial charge in [0.25, 0.3) is 0 Å². The second-order valence-electron chi connectivity index (χ2n) is 6.46. The summed E-state index contributed by atoms with van der Waals surface area (Å²) in [6.07, 6.45) is 4.14. The molecule has 7 heteroatoms. The molecule has 1 heterocycles. The van der Waals surface area contributed by atoms with Gasteiger partial charge in [0.15, 0.2) is 5.78 Å². The Morgan fingerprint density at radius 2 is 2.00 bits per heavy atom. The number of hydrogen-bond acceptors (Lipinski definition) is 4. The Hall–Kier alpha value is -2.34. The number of carbonyl (C=O) groups excluding carboxylic acids is 3. The molecule has 146 valence electrons.